The Morgan fingerprint density at radius 3 is 2.12 bits per heavy atom. The van der Waals surface area contributed by atoms with Gasteiger partial charge in [0.05, 0.1) is 5.69 Å². The maximum absolute atomic E-state index is 5.44. The monoisotopic (exact) mass is 224 g/mol. The number of aromatic nitrogens is 1. The van der Waals surface area contributed by atoms with Gasteiger partial charge in [0.25, 0.3) is 0 Å². The molecule has 16 heavy (non-hydrogen) atoms. The van der Waals surface area contributed by atoms with E-state index in [-0.39, 0.29) is 0 Å². The summed E-state index contributed by atoms with van der Waals surface area (Å²) in [5, 5.41) is 3.90. The molecule has 1 aromatic heterocycles. The molecular formula is C13H24N2O. The largest absolute Gasteiger partial charge is 0.365 e. The molecule has 0 aliphatic carbocycles. The number of nitrogens with zero attached hydrogens (tertiary/aromatic N) is 1. The molecule has 3 heteroatoms. The molecule has 1 rings (SSSR count). The van der Waals surface area contributed by atoms with E-state index in [9.17, 15) is 0 Å². The molecule has 0 bridgehead atoms. The van der Waals surface area contributed by atoms with E-state index in [0.717, 1.165) is 18.7 Å². The normalized spacial score (nSPS) is 10.8. The van der Waals surface area contributed by atoms with E-state index in [1.54, 1.807) is 6.26 Å². The Kier molecular flexibility index (Phi) is 7.78. The average molecular weight is 224 g/mol. The predicted molar refractivity (Wildman–Crippen MR) is 66.2 cm³/mol. The maximum atomic E-state index is 5.44. The summed E-state index contributed by atoms with van der Waals surface area (Å²) in [6.07, 6.45) is 13.2. The van der Waals surface area contributed by atoms with Gasteiger partial charge in [0.1, 0.15) is 6.26 Å². The Hall–Kier alpha value is -0.830. The number of unbranched alkanes of at least 4 members (excludes halogenated alkanes) is 7. The van der Waals surface area contributed by atoms with Crippen LogP contribution in [0.25, 0.3) is 0 Å². The number of hydrogen-bond donors (Lipinski definition) is 1. The lowest BCUT2D eigenvalue weighted by atomic mass is 10.1. The fourth-order valence-electron chi connectivity index (χ4n) is 1.88. The van der Waals surface area contributed by atoms with E-state index in [2.05, 4.69) is 5.16 Å². The molecule has 92 valence electrons. The smallest absolute Gasteiger partial charge is 0.124 e. The van der Waals surface area contributed by atoms with E-state index in [1.807, 2.05) is 6.07 Å². The van der Waals surface area contributed by atoms with Gasteiger partial charge in [-0.3, -0.25) is 0 Å². The second-order valence-corrected chi connectivity index (χ2v) is 4.36. The fourth-order valence-corrected chi connectivity index (χ4v) is 1.88. The molecule has 0 aliphatic rings. The van der Waals surface area contributed by atoms with Crippen LogP contribution in [-0.4, -0.2) is 11.7 Å². The van der Waals surface area contributed by atoms with Crippen LogP contribution in [0, 0.1) is 0 Å². The van der Waals surface area contributed by atoms with Crippen molar-refractivity contribution in [2.45, 2.75) is 57.8 Å². The summed E-state index contributed by atoms with van der Waals surface area (Å²) < 4.78 is 4.79. The number of hydrogen-bond acceptors (Lipinski definition) is 3. The Bertz CT molecular complexity index is 234. The minimum atomic E-state index is 0.845. The van der Waals surface area contributed by atoms with Crippen LogP contribution < -0.4 is 5.73 Å². The van der Waals surface area contributed by atoms with Crippen molar-refractivity contribution in [1.29, 1.82) is 0 Å². The van der Waals surface area contributed by atoms with E-state index < -0.39 is 0 Å². The first kappa shape index (κ1) is 13.2. The average Bonchev–Trinajstić information content (AvgIpc) is 2.80. The molecule has 0 aliphatic heterocycles. The van der Waals surface area contributed by atoms with Gasteiger partial charge >= 0.3 is 0 Å². The van der Waals surface area contributed by atoms with Crippen molar-refractivity contribution in [3.05, 3.63) is 18.0 Å². The molecule has 0 atom stereocenters. The van der Waals surface area contributed by atoms with Crippen LogP contribution in [0.3, 0.4) is 0 Å². The summed E-state index contributed by atoms with van der Waals surface area (Å²) in [4.78, 5) is 0. The van der Waals surface area contributed by atoms with Crippen molar-refractivity contribution >= 4 is 0 Å². The number of nitrogens with two attached hydrogens (primary N) is 1. The third-order valence-electron chi connectivity index (χ3n) is 2.88. The quantitative estimate of drug-likeness (QED) is 0.620. The van der Waals surface area contributed by atoms with E-state index in [0.29, 0.717) is 0 Å². The Labute approximate surface area is 98.4 Å². The minimum absolute atomic E-state index is 0.845. The van der Waals surface area contributed by atoms with E-state index >= 15 is 0 Å². The van der Waals surface area contributed by atoms with Crippen LogP contribution in [0.2, 0.25) is 0 Å². The Morgan fingerprint density at radius 2 is 1.56 bits per heavy atom. The molecule has 1 aromatic rings. The Balaban J connectivity index is 1.78. The zero-order chi connectivity index (χ0) is 11.5. The maximum Gasteiger partial charge on any atom is 0.124 e. The summed E-state index contributed by atoms with van der Waals surface area (Å²) in [6, 6.07) is 1.95. The first-order valence-corrected chi connectivity index (χ1v) is 6.53. The molecule has 0 radical (unpaired) electrons. The molecule has 3 nitrogen and oxygen atoms in total. The lowest BCUT2D eigenvalue weighted by Gasteiger charge is -2.00. The highest BCUT2D eigenvalue weighted by Gasteiger charge is 1.96. The first-order valence-electron chi connectivity index (χ1n) is 6.53. The molecule has 0 amide bonds. The van der Waals surface area contributed by atoms with Gasteiger partial charge in [0.2, 0.25) is 0 Å². The standard InChI is InChI=1S/C13H24N2O/c14-11-8-6-4-2-1-3-5-7-9-13-10-12-16-15-13/h10,12H,1-9,11,14H2. The van der Waals surface area contributed by atoms with Gasteiger partial charge in [0.15, 0.2) is 0 Å². The highest BCUT2D eigenvalue weighted by Crippen LogP contribution is 2.10. The van der Waals surface area contributed by atoms with Crippen LogP contribution in [0.5, 0.6) is 0 Å². The van der Waals surface area contributed by atoms with Gasteiger partial charge in [0, 0.05) is 6.07 Å². The van der Waals surface area contributed by atoms with Gasteiger partial charge < -0.3 is 10.3 Å². The van der Waals surface area contributed by atoms with Gasteiger partial charge in [-0.15, -0.1) is 0 Å². The van der Waals surface area contributed by atoms with Crippen LogP contribution in [0.15, 0.2) is 16.9 Å². The summed E-state index contributed by atoms with van der Waals surface area (Å²) in [5.74, 6) is 0. The van der Waals surface area contributed by atoms with Crippen LogP contribution in [-0.2, 0) is 6.42 Å². The summed E-state index contributed by atoms with van der Waals surface area (Å²) >= 11 is 0. The van der Waals surface area contributed by atoms with Crippen molar-refractivity contribution < 1.29 is 4.52 Å². The van der Waals surface area contributed by atoms with Crippen LogP contribution >= 0.6 is 0 Å². The van der Waals surface area contributed by atoms with Crippen molar-refractivity contribution in [1.82, 2.24) is 5.16 Å². The highest BCUT2D eigenvalue weighted by molar-refractivity contribution is 4.94. The predicted octanol–water partition coefficient (Wildman–Crippen LogP) is 3.30. The molecular weight excluding hydrogens is 200 g/mol. The second-order valence-electron chi connectivity index (χ2n) is 4.36. The molecule has 0 fully saturated rings. The van der Waals surface area contributed by atoms with E-state index in [4.69, 9.17) is 10.3 Å². The molecule has 0 saturated carbocycles. The third kappa shape index (κ3) is 6.62. The summed E-state index contributed by atoms with van der Waals surface area (Å²) in [7, 11) is 0. The zero-order valence-corrected chi connectivity index (χ0v) is 10.2. The molecule has 1 heterocycles. The molecule has 0 spiro atoms. The molecule has 0 saturated heterocycles. The van der Waals surface area contributed by atoms with Crippen molar-refractivity contribution in [2.24, 2.45) is 5.73 Å². The number of aryl methyl sites for hydroxylation is 1. The molecule has 2 N–H and O–H groups in total. The fraction of sp³-hybridized carbons (Fsp3) is 0.769. The van der Waals surface area contributed by atoms with Crippen molar-refractivity contribution in [3.63, 3.8) is 0 Å². The van der Waals surface area contributed by atoms with Crippen LogP contribution in [0.4, 0.5) is 0 Å². The topological polar surface area (TPSA) is 52.0 Å². The molecule has 0 unspecified atom stereocenters. The summed E-state index contributed by atoms with van der Waals surface area (Å²) in [5.41, 5.74) is 6.53. The van der Waals surface area contributed by atoms with Gasteiger partial charge in [-0.05, 0) is 25.8 Å². The van der Waals surface area contributed by atoms with Gasteiger partial charge in [-0.2, -0.15) is 0 Å². The highest BCUT2D eigenvalue weighted by atomic mass is 16.5. The lowest BCUT2D eigenvalue weighted by Crippen LogP contribution is -1.97. The summed E-state index contributed by atoms with van der Waals surface area (Å²) in [6.45, 7) is 0.845. The molecule has 0 aromatic carbocycles. The van der Waals surface area contributed by atoms with Gasteiger partial charge in [-0.1, -0.05) is 43.7 Å². The minimum Gasteiger partial charge on any atom is -0.365 e. The van der Waals surface area contributed by atoms with E-state index in [1.165, 1.54) is 51.4 Å². The third-order valence-corrected chi connectivity index (χ3v) is 2.88. The van der Waals surface area contributed by atoms with Crippen molar-refractivity contribution in [2.75, 3.05) is 6.54 Å². The van der Waals surface area contributed by atoms with Crippen molar-refractivity contribution in [3.8, 4) is 0 Å². The SMILES string of the molecule is NCCCCCCCCCCc1ccon1. The van der Waals surface area contributed by atoms with Gasteiger partial charge in [-0.25, -0.2) is 0 Å². The zero-order valence-electron chi connectivity index (χ0n) is 10.2. The second kappa shape index (κ2) is 9.40. The Morgan fingerprint density at radius 1 is 0.938 bits per heavy atom. The van der Waals surface area contributed by atoms with Crippen LogP contribution in [0.1, 0.15) is 57.1 Å². The lowest BCUT2D eigenvalue weighted by molar-refractivity contribution is 0.410. The first-order chi connectivity index (χ1) is 7.93. The number of rotatable bonds is 10.